The van der Waals surface area contributed by atoms with Crippen molar-refractivity contribution in [1.29, 1.82) is 0 Å². The number of carbonyl (C=O) groups is 2. The molecule has 0 bridgehead atoms. The number of hydrogen-bond donors (Lipinski definition) is 3. The predicted molar refractivity (Wildman–Crippen MR) is 166 cm³/mol. The van der Waals surface area contributed by atoms with Crippen molar-refractivity contribution in [3.63, 3.8) is 0 Å². The van der Waals surface area contributed by atoms with Crippen LogP contribution < -0.4 is 5.32 Å². The molecule has 2 heterocycles. The number of carboxylic acids is 1. The molecule has 1 saturated heterocycles. The fraction of sp³-hybridized carbons (Fsp3) is 0.303. The second-order valence-corrected chi connectivity index (χ2v) is 11.5. The van der Waals surface area contributed by atoms with Gasteiger partial charge in [-0.15, -0.1) is 0 Å². The van der Waals surface area contributed by atoms with Gasteiger partial charge in [0.1, 0.15) is 5.15 Å². The summed E-state index contributed by atoms with van der Waals surface area (Å²) < 4.78 is 14.8. The van der Waals surface area contributed by atoms with Gasteiger partial charge in [-0.2, -0.15) is 0 Å². The summed E-state index contributed by atoms with van der Waals surface area (Å²) in [5, 5.41) is 21.6. The highest BCUT2D eigenvalue weighted by atomic mass is 35.5. The van der Waals surface area contributed by atoms with Gasteiger partial charge in [0.15, 0.2) is 11.4 Å². The number of rotatable bonds is 11. The minimum atomic E-state index is -1.00. The van der Waals surface area contributed by atoms with E-state index >= 15 is 0 Å². The largest absolute Gasteiger partial charge is 0.481 e. The Hall–Kier alpha value is -3.73. The van der Waals surface area contributed by atoms with E-state index < -0.39 is 12.3 Å². The number of amides is 1. The molecule has 0 saturated carbocycles. The van der Waals surface area contributed by atoms with Crippen LogP contribution in [-0.2, 0) is 38.8 Å². The number of nitrogens with one attached hydrogen (secondary N) is 1. The average Bonchev–Trinajstić information content (AvgIpc) is 3.36. The number of aliphatic carboxylic acids is 1. The number of imidazole rings is 1. The fourth-order valence-electron chi connectivity index (χ4n) is 5.20. The van der Waals surface area contributed by atoms with E-state index in [1.807, 2.05) is 72.8 Å². The van der Waals surface area contributed by atoms with Gasteiger partial charge in [0, 0.05) is 24.4 Å². The number of aliphatic hydroxyl groups excluding tert-OH is 1. The van der Waals surface area contributed by atoms with Crippen LogP contribution in [0, 0.1) is 5.92 Å². The third kappa shape index (κ3) is 7.67. The molecular formula is C33H33Cl2N3O6. The molecule has 11 heteroatoms. The van der Waals surface area contributed by atoms with E-state index in [9.17, 15) is 14.7 Å². The van der Waals surface area contributed by atoms with Crippen LogP contribution >= 0.6 is 23.2 Å². The molecule has 1 fully saturated rings. The number of hydrogen-bond acceptors (Lipinski definition) is 6. The highest BCUT2D eigenvalue weighted by Gasteiger charge is 2.38. The zero-order chi connectivity index (χ0) is 31.2. The zero-order valence-electron chi connectivity index (χ0n) is 24.0. The molecule has 1 aliphatic heterocycles. The first-order valence-corrected chi connectivity index (χ1v) is 15.0. The van der Waals surface area contributed by atoms with E-state index in [0.29, 0.717) is 18.2 Å². The highest BCUT2D eigenvalue weighted by molar-refractivity contribution is 6.40. The summed E-state index contributed by atoms with van der Waals surface area (Å²) in [7, 11) is 0. The van der Waals surface area contributed by atoms with Crippen LogP contribution in [-0.4, -0.2) is 37.7 Å². The summed E-state index contributed by atoms with van der Waals surface area (Å²) in [6.45, 7) is 2.78. The Morgan fingerprint density at radius 3 is 2.32 bits per heavy atom. The van der Waals surface area contributed by atoms with Crippen LogP contribution in [0.25, 0.3) is 11.1 Å². The lowest BCUT2D eigenvalue weighted by Crippen LogP contribution is -2.39. The third-order valence-corrected chi connectivity index (χ3v) is 8.50. The molecule has 9 nitrogen and oxygen atoms in total. The Kier molecular flexibility index (Phi) is 10.3. The molecule has 0 aliphatic carbocycles. The number of benzene rings is 3. The molecule has 0 radical (unpaired) electrons. The van der Waals surface area contributed by atoms with Gasteiger partial charge in [0.05, 0.1) is 38.1 Å². The molecule has 230 valence electrons. The molecule has 1 aliphatic rings. The number of aliphatic hydroxyl groups is 1. The topological polar surface area (TPSA) is 123 Å². The van der Waals surface area contributed by atoms with Gasteiger partial charge in [0.25, 0.3) is 0 Å². The second kappa shape index (κ2) is 14.4. The molecular weight excluding hydrogens is 605 g/mol. The molecule has 3 aromatic carbocycles. The van der Waals surface area contributed by atoms with Crippen LogP contribution in [0.4, 0.5) is 0 Å². The number of ether oxygens (including phenoxy) is 2. The van der Waals surface area contributed by atoms with Crippen LogP contribution in [0.3, 0.4) is 0 Å². The van der Waals surface area contributed by atoms with E-state index in [0.717, 1.165) is 33.4 Å². The van der Waals surface area contributed by atoms with Gasteiger partial charge < -0.3 is 29.6 Å². The maximum absolute atomic E-state index is 11.9. The van der Waals surface area contributed by atoms with Crippen LogP contribution in [0.15, 0.2) is 79.1 Å². The Labute approximate surface area is 265 Å². The monoisotopic (exact) mass is 637 g/mol. The summed E-state index contributed by atoms with van der Waals surface area (Å²) in [6, 6.07) is 23.5. The van der Waals surface area contributed by atoms with Crippen molar-refractivity contribution in [2.75, 3.05) is 0 Å². The molecule has 1 amide bonds. The quantitative estimate of drug-likeness (QED) is 0.176. The highest BCUT2D eigenvalue weighted by Crippen LogP contribution is 2.42. The Morgan fingerprint density at radius 1 is 0.932 bits per heavy atom. The molecule has 4 unspecified atom stereocenters. The van der Waals surface area contributed by atoms with E-state index in [2.05, 4.69) is 17.2 Å². The molecule has 4 aromatic rings. The number of aromatic nitrogens is 2. The minimum Gasteiger partial charge on any atom is -0.481 e. The molecule has 4 atom stereocenters. The summed E-state index contributed by atoms with van der Waals surface area (Å²) in [5.74, 6) is -1.35. The van der Waals surface area contributed by atoms with E-state index in [1.54, 1.807) is 10.9 Å². The van der Waals surface area contributed by atoms with Gasteiger partial charge in [-0.3, -0.25) is 9.59 Å². The summed E-state index contributed by atoms with van der Waals surface area (Å²) in [5.41, 5.74) is 5.50. The predicted octanol–water partition coefficient (Wildman–Crippen LogP) is 6.32. The van der Waals surface area contributed by atoms with Gasteiger partial charge in [0.2, 0.25) is 5.91 Å². The number of halogens is 2. The maximum atomic E-state index is 11.9. The van der Waals surface area contributed by atoms with E-state index in [1.165, 1.54) is 0 Å². The standard InChI is InChI=1S/C33H33Cl2N3O6/c1-20-27(17-38-19-37-31(34)32(38)35)43-33(44-30(20)24-7-5-21(18-39)6-8-24)25-11-9-23(10-12-25)26-4-2-3-22(15-26)16-36-28(40)13-14-29(41)42/h2-12,15,19-20,27,30,33,39H,13-14,16-18H2,1H3,(H,36,40)(H,41,42). The summed E-state index contributed by atoms with van der Waals surface area (Å²) >= 11 is 12.5. The van der Waals surface area contributed by atoms with Gasteiger partial charge >= 0.3 is 5.97 Å². The second-order valence-electron chi connectivity index (χ2n) is 10.8. The molecule has 1 aromatic heterocycles. The van der Waals surface area contributed by atoms with Gasteiger partial charge in [-0.1, -0.05) is 96.9 Å². The van der Waals surface area contributed by atoms with Crippen molar-refractivity contribution in [3.8, 4) is 11.1 Å². The zero-order valence-corrected chi connectivity index (χ0v) is 25.5. The van der Waals surface area contributed by atoms with Crippen molar-refractivity contribution in [3.05, 3.63) is 112 Å². The molecule has 5 rings (SSSR count). The lowest BCUT2D eigenvalue weighted by atomic mass is 9.90. The van der Waals surface area contributed by atoms with Gasteiger partial charge in [-0.25, -0.2) is 4.98 Å². The van der Waals surface area contributed by atoms with Crippen molar-refractivity contribution in [2.24, 2.45) is 5.92 Å². The minimum absolute atomic E-state index is 0.0354. The fourth-order valence-corrected chi connectivity index (χ4v) is 5.51. The number of nitrogens with zero attached hydrogens (tertiary/aromatic N) is 2. The smallest absolute Gasteiger partial charge is 0.303 e. The van der Waals surface area contributed by atoms with Crippen LogP contribution in [0.5, 0.6) is 0 Å². The van der Waals surface area contributed by atoms with Crippen molar-refractivity contribution in [1.82, 2.24) is 14.9 Å². The molecule has 3 N–H and O–H groups in total. The first-order chi connectivity index (χ1) is 21.2. The third-order valence-electron chi connectivity index (χ3n) is 7.73. The number of carboxylic acid groups (broad SMARTS) is 1. The maximum Gasteiger partial charge on any atom is 0.303 e. The van der Waals surface area contributed by atoms with Gasteiger partial charge in [-0.05, 0) is 33.9 Å². The summed E-state index contributed by atoms with van der Waals surface area (Å²) in [4.78, 5) is 26.8. The van der Waals surface area contributed by atoms with Crippen molar-refractivity contribution in [2.45, 2.75) is 58.0 Å². The number of carbonyl (C=O) groups excluding carboxylic acids is 1. The lowest BCUT2D eigenvalue weighted by Gasteiger charge is -2.41. The lowest BCUT2D eigenvalue weighted by molar-refractivity contribution is -0.276. The Bertz CT molecular complexity index is 1590. The van der Waals surface area contributed by atoms with E-state index in [4.69, 9.17) is 37.8 Å². The SMILES string of the molecule is CC1C(Cn2cnc(Cl)c2Cl)OC(c2ccc(-c3cccc(CNC(=O)CCC(=O)O)c3)cc2)OC1c1ccc(CO)cc1. The summed E-state index contributed by atoms with van der Waals surface area (Å²) in [6.07, 6.45) is 0.125. The Morgan fingerprint density at radius 2 is 1.66 bits per heavy atom. The molecule has 44 heavy (non-hydrogen) atoms. The normalized spacial score (nSPS) is 19.9. The van der Waals surface area contributed by atoms with Crippen LogP contribution in [0.2, 0.25) is 10.3 Å². The van der Waals surface area contributed by atoms with Crippen molar-refractivity contribution < 1.29 is 29.3 Å². The van der Waals surface area contributed by atoms with E-state index in [-0.39, 0.29) is 48.6 Å². The molecule has 0 spiro atoms. The first kappa shape index (κ1) is 31.7. The average molecular weight is 639 g/mol. The van der Waals surface area contributed by atoms with Crippen molar-refractivity contribution >= 4 is 35.1 Å². The van der Waals surface area contributed by atoms with Crippen LogP contribution in [0.1, 0.15) is 54.4 Å². The Balaban J connectivity index is 1.34. The first-order valence-electron chi connectivity index (χ1n) is 14.3.